The minimum absolute atomic E-state index is 0.234. The first-order chi connectivity index (χ1) is 7.47. The van der Waals surface area contributed by atoms with Crippen LogP contribution in [0.1, 0.15) is 17.2 Å². The summed E-state index contributed by atoms with van der Waals surface area (Å²) in [5, 5.41) is 4.02. The van der Waals surface area contributed by atoms with E-state index in [0.29, 0.717) is 12.1 Å². The van der Waals surface area contributed by atoms with Crippen molar-refractivity contribution in [3.63, 3.8) is 0 Å². The molecule has 0 aromatic heterocycles. The zero-order chi connectivity index (χ0) is 11.8. The Labute approximate surface area is 89.6 Å². The largest absolute Gasteiger partial charge is 0.416 e. The Morgan fingerprint density at radius 1 is 1.38 bits per heavy atom. The number of amides is 2. The van der Waals surface area contributed by atoms with E-state index in [1.165, 1.54) is 11.4 Å². The standard InChI is InChI=1S/C10H9F3N2O/c11-10(12,13)7-3-1-2-6(4-7)8-5-14-9(16)15-8/h1-4,8H,5H2,(H2,14,15,16)/p+1. The number of urea groups is 1. The second-order valence-electron chi connectivity index (χ2n) is 3.62. The number of nitrogens with one attached hydrogen (secondary N) is 1. The third-order valence-electron chi connectivity index (χ3n) is 2.47. The number of carbonyl (C=O) groups excluding carboxylic acids is 1. The topological polar surface area (TPSA) is 45.7 Å². The number of quaternary nitrogens is 1. The first kappa shape index (κ1) is 10.9. The highest BCUT2D eigenvalue weighted by Crippen LogP contribution is 2.30. The molecule has 0 radical (unpaired) electrons. The summed E-state index contributed by atoms with van der Waals surface area (Å²) in [6.45, 7) is 0.431. The Morgan fingerprint density at radius 2 is 2.12 bits per heavy atom. The quantitative estimate of drug-likeness (QED) is 0.745. The predicted molar refractivity (Wildman–Crippen MR) is 49.5 cm³/mol. The van der Waals surface area contributed by atoms with Crippen LogP contribution in [0.25, 0.3) is 0 Å². The monoisotopic (exact) mass is 231 g/mol. The van der Waals surface area contributed by atoms with Crippen LogP contribution >= 0.6 is 0 Å². The summed E-state index contributed by atoms with van der Waals surface area (Å²) in [4.78, 5) is 10.9. The number of nitrogens with two attached hydrogens (primary N) is 1. The highest BCUT2D eigenvalue weighted by atomic mass is 19.4. The van der Waals surface area contributed by atoms with Crippen molar-refractivity contribution in [1.82, 2.24) is 5.32 Å². The fraction of sp³-hybridized carbons (Fsp3) is 0.300. The molecule has 1 atom stereocenters. The van der Waals surface area contributed by atoms with Gasteiger partial charge in [0.2, 0.25) is 0 Å². The fourth-order valence-electron chi connectivity index (χ4n) is 1.67. The van der Waals surface area contributed by atoms with E-state index in [-0.39, 0.29) is 12.1 Å². The molecule has 1 aliphatic rings. The highest BCUT2D eigenvalue weighted by Gasteiger charge is 2.32. The number of primary amides is 1. The summed E-state index contributed by atoms with van der Waals surface area (Å²) < 4.78 is 37.3. The molecular weight excluding hydrogens is 221 g/mol. The third-order valence-corrected chi connectivity index (χ3v) is 2.47. The van der Waals surface area contributed by atoms with Crippen LogP contribution in [0.4, 0.5) is 18.0 Å². The highest BCUT2D eigenvalue weighted by molar-refractivity contribution is 5.65. The lowest BCUT2D eigenvalue weighted by molar-refractivity contribution is -0.542. The first-order valence-corrected chi connectivity index (χ1v) is 4.77. The van der Waals surface area contributed by atoms with Crippen LogP contribution in [0.3, 0.4) is 0 Å². The molecule has 0 saturated carbocycles. The van der Waals surface area contributed by atoms with E-state index in [1.807, 2.05) is 0 Å². The molecule has 1 heterocycles. The van der Waals surface area contributed by atoms with Gasteiger partial charge in [-0.05, 0) is 17.7 Å². The molecule has 0 aliphatic carbocycles. The molecule has 1 saturated heterocycles. The van der Waals surface area contributed by atoms with Crippen LogP contribution in [0.5, 0.6) is 0 Å². The maximum absolute atomic E-state index is 12.4. The number of carbonyl (C=O) groups is 1. The van der Waals surface area contributed by atoms with Crippen LogP contribution < -0.4 is 10.6 Å². The van der Waals surface area contributed by atoms with Crippen molar-refractivity contribution in [3.8, 4) is 0 Å². The summed E-state index contributed by atoms with van der Waals surface area (Å²) in [7, 11) is 0. The van der Waals surface area contributed by atoms with Crippen LogP contribution in [0, 0.1) is 0 Å². The van der Waals surface area contributed by atoms with Gasteiger partial charge in [-0.15, -0.1) is 0 Å². The number of hydrogen-bond donors (Lipinski definition) is 2. The van der Waals surface area contributed by atoms with Crippen LogP contribution in [0.15, 0.2) is 24.3 Å². The summed E-state index contributed by atoms with van der Waals surface area (Å²) in [5.41, 5.74) is -0.205. The Bertz CT molecular complexity index is 417. The molecule has 1 aliphatic heterocycles. The van der Waals surface area contributed by atoms with Gasteiger partial charge >= 0.3 is 12.2 Å². The molecule has 1 unspecified atom stereocenters. The van der Waals surface area contributed by atoms with Gasteiger partial charge in [0.15, 0.2) is 0 Å². The van der Waals surface area contributed by atoms with E-state index in [9.17, 15) is 18.0 Å². The zero-order valence-electron chi connectivity index (χ0n) is 8.21. The van der Waals surface area contributed by atoms with Crippen molar-refractivity contribution in [2.75, 3.05) is 6.54 Å². The molecule has 0 spiro atoms. The average Bonchev–Trinajstić information content (AvgIpc) is 2.64. The number of hydrogen-bond acceptors (Lipinski definition) is 1. The normalized spacial score (nSPS) is 20.9. The van der Waals surface area contributed by atoms with Gasteiger partial charge in [-0.1, -0.05) is 12.1 Å². The van der Waals surface area contributed by atoms with Gasteiger partial charge in [0.1, 0.15) is 12.6 Å². The number of benzene rings is 1. The lowest BCUT2D eigenvalue weighted by Crippen LogP contribution is -2.85. The molecule has 1 fully saturated rings. The Morgan fingerprint density at radius 3 is 2.69 bits per heavy atom. The molecule has 2 amide bonds. The van der Waals surface area contributed by atoms with E-state index in [4.69, 9.17) is 0 Å². The van der Waals surface area contributed by atoms with Crippen LogP contribution in [-0.2, 0) is 6.18 Å². The van der Waals surface area contributed by atoms with Gasteiger partial charge in [0, 0.05) is 0 Å². The molecule has 16 heavy (non-hydrogen) atoms. The van der Waals surface area contributed by atoms with Gasteiger partial charge in [-0.3, -0.25) is 10.6 Å². The van der Waals surface area contributed by atoms with E-state index in [2.05, 4.69) is 5.32 Å². The van der Waals surface area contributed by atoms with E-state index >= 15 is 0 Å². The van der Waals surface area contributed by atoms with Crippen molar-refractivity contribution in [3.05, 3.63) is 35.4 Å². The minimum atomic E-state index is -4.34. The van der Waals surface area contributed by atoms with Crippen molar-refractivity contribution in [1.29, 1.82) is 0 Å². The third kappa shape index (κ3) is 2.16. The molecule has 2 rings (SSSR count). The molecular formula is C10H10F3N2O+. The Hall–Kier alpha value is -1.56. The summed E-state index contributed by atoms with van der Waals surface area (Å²) in [6.07, 6.45) is -4.34. The lowest BCUT2D eigenvalue weighted by atomic mass is 10.0. The molecule has 3 N–H and O–H groups in total. The van der Waals surface area contributed by atoms with E-state index in [1.54, 1.807) is 6.07 Å². The van der Waals surface area contributed by atoms with Gasteiger partial charge < -0.3 is 0 Å². The molecule has 6 heteroatoms. The molecule has 1 aromatic rings. The van der Waals surface area contributed by atoms with Crippen LogP contribution in [-0.4, -0.2) is 12.6 Å². The van der Waals surface area contributed by atoms with Gasteiger partial charge in [0.05, 0.1) is 5.56 Å². The molecule has 0 bridgehead atoms. The molecule has 1 aromatic carbocycles. The second-order valence-corrected chi connectivity index (χ2v) is 3.62. The maximum Gasteiger partial charge on any atom is 0.416 e. The summed E-state index contributed by atoms with van der Waals surface area (Å²) in [5.74, 6) is 0. The van der Waals surface area contributed by atoms with Crippen molar-refractivity contribution < 1.29 is 23.3 Å². The summed E-state index contributed by atoms with van der Waals surface area (Å²) in [6, 6.07) is 4.45. The Balaban J connectivity index is 2.26. The summed E-state index contributed by atoms with van der Waals surface area (Å²) >= 11 is 0. The molecule has 3 nitrogen and oxygen atoms in total. The van der Waals surface area contributed by atoms with Crippen molar-refractivity contribution in [2.24, 2.45) is 0 Å². The second kappa shape index (κ2) is 3.79. The Kier molecular flexibility index (Phi) is 2.59. The zero-order valence-corrected chi connectivity index (χ0v) is 8.21. The van der Waals surface area contributed by atoms with Gasteiger partial charge in [-0.2, -0.15) is 13.2 Å². The molecule has 86 valence electrons. The van der Waals surface area contributed by atoms with Crippen molar-refractivity contribution in [2.45, 2.75) is 12.2 Å². The SMILES string of the molecule is O=C1NC(c2cccc(C(F)(F)F)c2)C[NH2+]1. The van der Waals surface area contributed by atoms with Crippen LogP contribution in [0.2, 0.25) is 0 Å². The van der Waals surface area contributed by atoms with Gasteiger partial charge in [0.25, 0.3) is 0 Å². The lowest BCUT2D eigenvalue weighted by Gasteiger charge is -2.11. The minimum Gasteiger partial charge on any atom is -0.293 e. The average molecular weight is 231 g/mol. The van der Waals surface area contributed by atoms with E-state index in [0.717, 1.165) is 12.1 Å². The van der Waals surface area contributed by atoms with Crippen molar-refractivity contribution >= 4 is 6.03 Å². The number of halogens is 3. The number of rotatable bonds is 1. The predicted octanol–water partition coefficient (Wildman–Crippen LogP) is 1.03. The first-order valence-electron chi connectivity index (χ1n) is 4.77. The smallest absolute Gasteiger partial charge is 0.293 e. The fourth-order valence-corrected chi connectivity index (χ4v) is 1.67. The maximum atomic E-state index is 12.4. The number of alkyl halides is 3. The van der Waals surface area contributed by atoms with Gasteiger partial charge in [-0.25, -0.2) is 4.79 Å². The van der Waals surface area contributed by atoms with E-state index < -0.39 is 11.7 Å².